The van der Waals surface area contributed by atoms with E-state index >= 15 is 0 Å². The lowest BCUT2D eigenvalue weighted by atomic mass is 9.91. The van der Waals surface area contributed by atoms with Gasteiger partial charge in [0.05, 0.1) is 6.54 Å². The van der Waals surface area contributed by atoms with E-state index < -0.39 is 0 Å². The second-order valence-corrected chi connectivity index (χ2v) is 9.91. The van der Waals surface area contributed by atoms with E-state index in [-0.39, 0.29) is 17.1 Å². The molecule has 5 heteroatoms. The van der Waals surface area contributed by atoms with Crippen molar-refractivity contribution in [1.82, 2.24) is 14.4 Å². The van der Waals surface area contributed by atoms with Crippen LogP contribution in [0.4, 0.5) is 0 Å². The van der Waals surface area contributed by atoms with Gasteiger partial charge in [0.25, 0.3) is 0 Å². The smallest absolute Gasteiger partial charge is 0.223 e. The van der Waals surface area contributed by atoms with Crippen LogP contribution in [0.25, 0.3) is 0 Å². The van der Waals surface area contributed by atoms with Crippen molar-refractivity contribution >= 4 is 11.7 Å². The van der Waals surface area contributed by atoms with E-state index in [1.807, 2.05) is 4.90 Å². The van der Waals surface area contributed by atoms with Gasteiger partial charge in [-0.15, -0.1) is 0 Å². The summed E-state index contributed by atoms with van der Waals surface area (Å²) < 4.78 is 2.39. The third-order valence-electron chi connectivity index (χ3n) is 6.25. The molecule has 2 aliphatic rings. The standard InChI is InChI=1S/C23H37N3O2/c1-17-14-20(18(2)26(17)19-8-6-7-9-19)21(27)16-24-10-12-25(13-11-24)22(28)15-23(3,4)5/h14,19H,6-13,15-16H2,1-5H3. The molecule has 156 valence electrons. The normalized spacial score (nSPS) is 19.4. The van der Waals surface area contributed by atoms with E-state index in [1.165, 1.54) is 31.4 Å². The van der Waals surface area contributed by atoms with Crippen molar-refractivity contribution in [2.75, 3.05) is 32.7 Å². The fourth-order valence-electron chi connectivity index (χ4n) is 4.79. The van der Waals surface area contributed by atoms with Gasteiger partial charge in [-0.3, -0.25) is 14.5 Å². The third kappa shape index (κ3) is 4.86. The summed E-state index contributed by atoms with van der Waals surface area (Å²) in [6.07, 6.45) is 5.63. The number of nitrogens with zero attached hydrogens (tertiary/aromatic N) is 3. The van der Waals surface area contributed by atoms with Crippen LogP contribution in [0, 0.1) is 19.3 Å². The van der Waals surface area contributed by atoms with Crippen molar-refractivity contribution in [1.29, 1.82) is 0 Å². The minimum Gasteiger partial charge on any atom is -0.345 e. The molecule has 1 saturated heterocycles. The molecule has 0 atom stereocenters. The maximum atomic E-state index is 13.0. The maximum Gasteiger partial charge on any atom is 0.223 e. The molecule has 1 aliphatic carbocycles. The predicted octanol–water partition coefficient (Wildman–Crippen LogP) is 3.98. The molecule has 3 rings (SSSR count). The lowest BCUT2D eigenvalue weighted by Crippen LogP contribution is -2.50. The first-order chi connectivity index (χ1) is 13.2. The van der Waals surface area contributed by atoms with Gasteiger partial charge in [-0.2, -0.15) is 0 Å². The van der Waals surface area contributed by atoms with E-state index in [9.17, 15) is 9.59 Å². The van der Waals surface area contributed by atoms with E-state index in [4.69, 9.17) is 0 Å². The Morgan fingerprint density at radius 3 is 2.21 bits per heavy atom. The Kier molecular flexibility index (Phi) is 6.33. The van der Waals surface area contributed by atoms with Crippen molar-refractivity contribution in [2.45, 2.75) is 72.8 Å². The van der Waals surface area contributed by atoms with Gasteiger partial charge >= 0.3 is 0 Å². The average molecular weight is 388 g/mol. The lowest BCUT2D eigenvalue weighted by molar-refractivity contribution is -0.134. The molecule has 5 nitrogen and oxygen atoms in total. The molecule has 2 fully saturated rings. The van der Waals surface area contributed by atoms with Crippen molar-refractivity contribution in [2.24, 2.45) is 5.41 Å². The second kappa shape index (κ2) is 8.40. The maximum absolute atomic E-state index is 13.0. The highest BCUT2D eigenvalue weighted by Gasteiger charge is 2.27. The highest BCUT2D eigenvalue weighted by molar-refractivity contribution is 5.99. The van der Waals surface area contributed by atoms with Gasteiger partial charge in [-0.1, -0.05) is 33.6 Å². The molecule has 1 aromatic heterocycles. The van der Waals surface area contributed by atoms with Gasteiger partial charge in [0.1, 0.15) is 0 Å². The van der Waals surface area contributed by atoms with Gasteiger partial charge < -0.3 is 9.47 Å². The number of aromatic nitrogens is 1. The van der Waals surface area contributed by atoms with Gasteiger partial charge in [0.15, 0.2) is 5.78 Å². The summed E-state index contributed by atoms with van der Waals surface area (Å²) in [7, 11) is 0. The predicted molar refractivity (Wildman–Crippen MR) is 113 cm³/mol. The Bertz CT molecular complexity index is 715. The number of hydrogen-bond acceptors (Lipinski definition) is 3. The fraction of sp³-hybridized carbons (Fsp3) is 0.739. The number of hydrogen-bond donors (Lipinski definition) is 0. The Labute approximate surface area is 170 Å². The number of carbonyl (C=O) groups excluding carboxylic acids is 2. The summed E-state index contributed by atoms with van der Waals surface area (Å²) >= 11 is 0. The summed E-state index contributed by atoms with van der Waals surface area (Å²) in [5, 5.41) is 0. The molecule has 0 bridgehead atoms. The van der Waals surface area contributed by atoms with Crippen LogP contribution >= 0.6 is 0 Å². The zero-order valence-electron chi connectivity index (χ0n) is 18.4. The number of ketones is 1. The Morgan fingerprint density at radius 2 is 1.64 bits per heavy atom. The molecule has 0 aromatic carbocycles. The summed E-state index contributed by atoms with van der Waals surface area (Å²) in [6, 6.07) is 2.65. The number of aryl methyl sites for hydroxylation is 1. The van der Waals surface area contributed by atoms with Gasteiger partial charge in [0.2, 0.25) is 5.91 Å². The van der Waals surface area contributed by atoms with Crippen LogP contribution in [0.1, 0.15) is 80.7 Å². The van der Waals surface area contributed by atoms with Gasteiger partial charge in [-0.05, 0) is 38.2 Å². The highest BCUT2D eigenvalue weighted by atomic mass is 16.2. The van der Waals surface area contributed by atoms with Crippen LogP contribution in [0.15, 0.2) is 6.07 Å². The van der Waals surface area contributed by atoms with E-state index in [2.05, 4.69) is 50.2 Å². The molecule has 1 aromatic rings. The Morgan fingerprint density at radius 1 is 1.04 bits per heavy atom. The first-order valence-electron chi connectivity index (χ1n) is 10.9. The molecule has 0 radical (unpaired) electrons. The summed E-state index contributed by atoms with van der Waals surface area (Å²) in [5.74, 6) is 0.449. The third-order valence-corrected chi connectivity index (χ3v) is 6.25. The van der Waals surface area contributed by atoms with Gasteiger partial charge in [-0.25, -0.2) is 0 Å². The van der Waals surface area contributed by atoms with E-state index in [1.54, 1.807) is 0 Å². The fourth-order valence-corrected chi connectivity index (χ4v) is 4.79. The molecule has 0 unspecified atom stereocenters. The summed E-state index contributed by atoms with van der Waals surface area (Å²) in [4.78, 5) is 29.6. The number of carbonyl (C=O) groups is 2. The molecular formula is C23H37N3O2. The topological polar surface area (TPSA) is 45.6 Å². The highest BCUT2D eigenvalue weighted by Crippen LogP contribution is 2.33. The summed E-state index contributed by atoms with van der Waals surface area (Å²) in [5.41, 5.74) is 3.25. The van der Waals surface area contributed by atoms with E-state index in [0.717, 1.165) is 37.4 Å². The van der Waals surface area contributed by atoms with Crippen LogP contribution in [0.2, 0.25) is 0 Å². The lowest BCUT2D eigenvalue weighted by Gasteiger charge is -2.35. The Balaban J connectivity index is 1.56. The van der Waals surface area contributed by atoms with E-state index in [0.29, 0.717) is 19.0 Å². The monoisotopic (exact) mass is 387 g/mol. The Hall–Kier alpha value is -1.62. The van der Waals surface area contributed by atoms with Crippen LogP contribution in [-0.2, 0) is 4.79 Å². The van der Waals surface area contributed by atoms with Crippen LogP contribution in [0.3, 0.4) is 0 Å². The van der Waals surface area contributed by atoms with Gasteiger partial charge in [0, 0.05) is 55.6 Å². The van der Waals surface area contributed by atoms with Crippen LogP contribution < -0.4 is 0 Å². The minimum absolute atomic E-state index is 0.0199. The minimum atomic E-state index is 0.0199. The largest absolute Gasteiger partial charge is 0.345 e. The molecule has 1 amide bonds. The first kappa shape index (κ1) is 21.1. The molecule has 0 spiro atoms. The SMILES string of the molecule is Cc1cc(C(=O)CN2CCN(C(=O)CC(C)(C)C)CC2)c(C)n1C1CCCC1. The number of Topliss-reactive ketones (excluding diaryl/α,β-unsaturated/α-hetero) is 1. The number of piperazine rings is 1. The first-order valence-corrected chi connectivity index (χ1v) is 10.9. The van der Waals surface area contributed by atoms with Crippen molar-refractivity contribution in [3.63, 3.8) is 0 Å². The molecule has 1 saturated carbocycles. The number of amides is 1. The molecule has 1 aliphatic heterocycles. The van der Waals surface area contributed by atoms with Crippen molar-refractivity contribution < 1.29 is 9.59 Å². The average Bonchev–Trinajstić information content (AvgIpc) is 3.21. The number of rotatable bonds is 5. The molecule has 0 N–H and O–H groups in total. The molecule has 2 heterocycles. The van der Waals surface area contributed by atoms with Crippen LogP contribution in [-0.4, -0.2) is 58.8 Å². The zero-order chi connectivity index (χ0) is 20.5. The molecular weight excluding hydrogens is 350 g/mol. The van der Waals surface area contributed by atoms with Crippen LogP contribution in [0.5, 0.6) is 0 Å². The second-order valence-electron chi connectivity index (χ2n) is 9.91. The quantitative estimate of drug-likeness (QED) is 0.718. The van der Waals surface area contributed by atoms with Crippen molar-refractivity contribution in [3.05, 3.63) is 23.0 Å². The summed E-state index contributed by atoms with van der Waals surface area (Å²) in [6.45, 7) is 14.0. The van der Waals surface area contributed by atoms with Crippen molar-refractivity contribution in [3.8, 4) is 0 Å². The zero-order valence-corrected chi connectivity index (χ0v) is 18.4. The molecule has 28 heavy (non-hydrogen) atoms.